The minimum absolute atomic E-state index is 0.0851. The molecule has 33 heavy (non-hydrogen) atoms. The Kier molecular flexibility index (Phi) is 5.26. The Hall–Kier alpha value is -3.84. The van der Waals surface area contributed by atoms with Gasteiger partial charge in [0, 0.05) is 11.9 Å². The van der Waals surface area contributed by atoms with Crippen molar-refractivity contribution in [1.29, 1.82) is 0 Å². The number of benzene rings is 2. The second kappa shape index (κ2) is 8.26. The highest BCUT2D eigenvalue weighted by atomic mass is 35.5. The lowest BCUT2D eigenvalue weighted by atomic mass is 10.0. The fraction of sp³-hybridized carbons (Fsp3) is 0.120. The van der Waals surface area contributed by atoms with Crippen molar-refractivity contribution in [2.24, 2.45) is 0 Å². The maximum absolute atomic E-state index is 14.1. The lowest BCUT2D eigenvalue weighted by molar-refractivity contribution is 0.625. The summed E-state index contributed by atoms with van der Waals surface area (Å²) in [5.41, 5.74) is 2.88. The topological polar surface area (TPSA) is 72.7 Å². The summed E-state index contributed by atoms with van der Waals surface area (Å²) in [4.78, 5) is 26.6. The molecule has 0 fully saturated rings. The molecule has 2 aromatic carbocycles. The molecular weight excluding hydrogens is 441 g/mol. The number of nitrogens with zero attached hydrogens (tertiary/aromatic N) is 4. The fourth-order valence-corrected chi connectivity index (χ4v) is 4.25. The Bertz CT molecular complexity index is 1580. The normalized spacial score (nSPS) is 12.2. The Balaban J connectivity index is 1.72. The molecule has 0 amide bonds. The van der Waals surface area contributed by atoms with Gasteiger partial charge in [-0.05, 0) is 72.8 Å². The van der Waals surface area contributed by atoms with Crippen molar-refractivity contribution in [3.8, 4) is 5.69 Å². The molecule has 0 aliphatic carbocycles. The highest BCUT2D eigenvalue weighted by Gasteiger charge is 2.19. The summed E-state index contributed by atoms with van der Waals surface area (Å²) in [7, 11) is 0. The maximum Gasteiger partial charge on any atom is 0.263 e. The molecule has 1 N–H and O–H groups in total. The predicted molar refractivity (Wildman–Crippen MR) is 129 cm³/mol. The smallest absolute Gasteiger partial charge is 0.263 e. The van der Waals surface area contributed by atoms with Crippen LogP contribution < -0.4 is 10.9 Å². The van der Waals surface area contributed by atoms with Gasteiger partial charge in [-0.15, -0.1) is 0 Å². The highest BCUT2D eigenvalue weighted by molar-refractivity contribution is 6.28. The molecule has 0 bridgehead atoms. The summed E-state index contributed by atoms with van der Waals surface area (Å²) in [5, 5.41) is 4.80. The molecule has 5 aromatic rings. The number of aryl methyl sites for hydroxylation is 1. The van der Waals surface area contributed by atoms with Gasteiger partial charge in [0.2, 0.25) is 5.28 Å². The molecule has 3 heterocycles. The van der Waals surface area contributed by atoms with Gasteiger partial charge in [-0.2, -0.15) is 4.98 Å². The Morgan fingerprint density at radius 2 is 1.88 bits per heavy atom. The van der Waals surface area contributed by atoms with E-state index in [0.29, 0.717) is 33.6 Å². The van der Waals surface area contributed by atoms with E-state index >= 15 is 0 Å². The van der Waals surface area contributed by atoms with Crippen LogP contribution in [0.1, 0.15) is 24.2 Å². The van der Waals surface area contributed by atoms with Gasteiger partial charge in [-0.25, -0.2) is 9.37 Å². The number of aromatic nitrogens is 4. The summed E-state index contributed by atoms with van der Waals surface area (Å²) in [6, 6.07) is 16.8. The zero-order valence-electron chi connectivity index (χ0n) is 17.9. The molecule has 3 aromatic heterocycles. The van der Waals surface area contributed by atoms with Gasteiger partial charge in [0.1, 0.15) is 11.3 Å². The fourth-order valence-electron chi connectivity index (χ4n) is 4.07. The zero-order chi connectivity index (χ0) is 23.1. The van der Waals surface area contributed by atoms with Crippen LogP contribution in [0.25, 0.3) is 27.5 Å². The van der Waals surface area contributed by atoms with Crippen LogP contribution in [0, 0.1) is 12.7 Å². The molecule has 1 atom stereocenters. The van der Waals surface area contributed by atoms with E-state index < -0.39 is 11.9 Å². The maximum atomic E-state index is 14.1. The van der Waals surface area contributed by atoms with E-state index in [9.17, 15) is 9.18 Å². The standard InChI is InChI=1S/C25H19ClFN5O/c1-14-6-3-7-16-12-20(32(24(33)21(14)16)18-9-4-8-17(27)13-18)15(2)29-23-22-19(10-5-11-28-22)30-25(26)31-23/h3-13,15H,1-2H3,(H,29,30,31)/t15-/m0/s1. The molecule has 0 aliphatic heterocycles. The first-order valence-corrected chi connectivity index (χ1v) is 10.8. The van der Waals surface area contributed by atoms with Crippen LogP contribution in [0.3, 0.4) is 0 Å². The van der Waals surface area contributed by atoms with Crippen molar-refractivity contribution in [2.45, 2.75) is 19.9 Å². The van der Waals surface area contributed by atoms with E-state index in [1.54, 1.807) is 30.5 Å². The molecule has 0 spiro atoms. The van der Waals surface area contributed by atoms with Gasteiger partial charge in [0.05, 0.1) is 22.6 Å². The van der Waals surface area contributed by atoms with Gasteiger partial charge in [0.15, 0.2) is 5.82 Å². The summed E-state index contributed by atoms with van der Waals surface area (Å²) >= 11 is 6.13. The van der Waals surface area contributed by atoms with E-state index in [2.05, 4.69) is 20.3 Å². The molecule has 164 valence electrons. The third kappa shape index (κ3) is 3.81. The molecule has 0 unspecified atom stereocenters. The SMILES string of the molecule is Cc1cccc2cc([C@H](C)Nc3nc(Cl)nc4cccnc34)n(-c3cccc(F)c3)c(=O)c12. The molecule has 5 rings (SSSR count). The van der Waals surface area contributed by atoms with Crippen LogP contribution in [0.4, 0.5) is 10.2 Å². The highest BCUT2D eigenvalue weighted by Crippen LogP contribution is 2.28. The van der Waals surface area contributed by atoms with E-state index in [4.69, 9.17) is 11.6 Å². The molecule has 0 aliphatic rings. The van der Waals surface area contributed by atoms with E-state index in [1.165, 1.54) is 16.7 Å². The summed E-state index contributed by atoms with van der Waals surface area (Å²) in [6.45, 7) is 3.79. The minimum atomic E-state index is -0.423. The largest absolute Gasteiger partial charge is 0.360 e. The van der Waals surface area contributed by atoms with Crippen LogP contribution in [0.5, 0.6) is 0 Å². The van der Waals surface area contributed by atoms with Gasteiger partial charge < -0.3 is 5.32 Å². The Morgan fingerprint density at radius 3 is 2.70 bits per heavy atom. The summed E-state index contributed by atoms with van der Waals surface area (Å²) < 4.78 is 15.6. The van der Waals surface area contributed by atoms with Gasteiger partial charge in [0.25, 0.3) is 5.56 Å². The number of hydrogen-bond acceptors (Lipinski definition) is 5. The Morgan fingerprint density at radius 1 is 1.06 bits per heavy atom. The monoisotopic (exact) mass is 459 g/mol. The quantitative estimate of drug-likeness (QED) is 0.354. The van der Waals surface area contributed by atoms with E-state index in [1.807, 2.05) is 38.1 Å². The van der Waals surface area contributed by atoms with Crippen molar-refractivity contribution in [2.75, 3.05) is 5.32 Å². The zero-order valence-corrected chi connectivity index (χ0v) is 18.6. The first kappa shape index (κ1) is 21.0. The van der Waals surface area contributed by atoms with Crippen LogP contribution in [-0.4, -0.2) is 19.5 Å². The molecular formula is C25H19ClFN5O. The third-order valence-corrected chi connectivity index (χ3v) is 5.74. The van der Waals surface area contributed by atoms with E-state index in [-0.39, 0.29) is 10.8 Å². The van der Waals surface area contributed by atoms with Gasteiger partial charge >= 0.3 is 0 Å². The average Bonchev–Trinajstić information content (AvgIpc) is 2.78. The number of rotatable bonds is 4. The first-order chi connectivity index (χ1) is 15.9. The Labute approximate surface area is 193 Å². The number of hydrogen-bond donors (Lipinski definition) is 1. The molecule has 6 nitrogen and oxygen atoms in total. The summed E-state index contributed by atoms with van der Waals surface area (Å²) in [5.74, 6) is 0.0225. The van der Waals surface area contributed by atoms with Crippen LogP contribution >= 0.6 is 11.6 Å². The summed E-state index contributed by atoms with van der Waals surface area (Å²) in [6.07, 6.45) is 1.65. The lowest BCUT2D eigenvalue weighted by Gasteiger charge is -2.22. The number of pyridine rings is 2. The third-order valence-electron chi connectivity index (χ3n) is 5.57. The molecule has 0 saturated carbocycles. The van der Waals surface area contributed by atoms with Crippen molar-refractivity contribution in [1.82, 2.24) is 19.5 Å². The van der Waals surface area contributed by atoms with Crippen LogP contribution in [-0.2, 0) is 0 Å². The van der Waals surface area contributed by atoms with Crippen molar-refractivity contribution in [3.05, 3.63) is 99.6 Å². The number of fused-ring (bicyclic) bond motifs is 2. The van der Waals surface area contributed by atoms with Crippen molar-refractivity contribution >= 4 is 39.2 Å². The van der Waals surface area contributed by atoms with Crippen molar-refractivity contribution < 1.29 is 4.39 Å². The van der Waals surface area contributed by atoms with Gasteiger partial charge in [-0.3, -0.25) is 14.3 Å². The van der Waals surface area contributed by atoms with Crippen LogP contribution in [0.2, 0.25) is 5.28 Å². The van der Waals surface area contributed by atoms with E-state index in [0.717, 1.165) is 10.9 Å². The minimum Gasteiger partial charge on any atom is -0.360 e. The first-order valence-electron chi connectivity index (χ1n) is 10.4. The lowest BCUT2D eigenvalue weighted by Crippen LogP contribution is -2.26. The number of anilines is 1. The number of nitrogens with one attached hydrogen (secondary N) is 1. The second-order valence-corrected chi connectivity index (χ2v) is 8.15. The molecule has 8 heteroatoms. The number of halogens is 2. The predicted octanol–water partition coefficient (Wildman–Crippen LogP) is 5.60. The molecule has 0 saturated heterocycles. The molecule has 0 radical (unpaired) electrons. The van der Waals surface area contributed by atoms with Gasteiger partial charge in [-0.1, -0.05) is 24.3 Å². The van der Waals surface area contributed by atoms with Crippen LogP contribution in [0.15, 0.2) is 71.7 Å². The average molecular weight is 460 g/mol. The second-order valence-electron chi connectivity index (χ2n) is 7.81. The van der Waals surface area contributed by atoms with Crippen molar-refractivity contribution in [3.63, 3.8) is 0 Å².